The first-order chi connectivity index (χ1) is 7.51. The van der Waals surface area contributed by atoms with Crippen molar-refractivity contribution in [3.05, 3.63) is 0 Å². The van der Waals surface area contributed by atoms with Crippen LogP contribution >= 0.6 is 11.8 Å². The Morgan fingerprint density at radius 1 is 1.38 bits per heavy atom. The molecule has 0 saturated carbocycles. The molecule has 0 aromatic rings. The van der Waals surface area contributed by atoms with Crippen molar-refractivity contribution in [1.29, 1.82) is 0 Å². The predicted octanol–water partition coefficient (Wildman–Crippen LogP) is 2.16. The normalized spacial score (nSPS) is 16.6. The number of ether oxygens (including phenoxy) is 1. The van der Waals surface area contributed by atoms with Crippen molar-refractivity contribution in [2.45, 2.75) is 33.2 Å². The average Bonchev–Trinajstić information content (AvgIpc) is 2.25. The highest BCUT2D eigenvalue weighted by molar-refractivity contribution is 7.98. The molecular formula is C12H25NO2S. The van der Waals surface area contributed by atoms with E-state index in [0.717, 1.165) is 13.0 Å². The van der Waals surface area contributed by atoms with Gasteiger partial charge >= 0.3 is 5.97 Å². The minimum absolute atomic E-state index is 0.0247. The molecule has 0 aliphatic carbocycles. The number of thioether (sulfide) groups is 1. The van der Waals surface area contributed by atoms with Crippen molar-refractivity contribution < 1.29 is 9.53 Å². The van der Waals surface area contributed by atoms with E-state index in [2.05, 4.69) is 25.4 Å². The van der Waals surface area contributed by atoms with E-state index >= 15 is 0 Å². The van der Waals surface area contributed by atoms with E-state index in [9.17, 15) is 4.79 Å². The molecule has 16 heavy (non-hydrogen) atoms. The summed E-state index contributed by atoms with van der Waals surface area (Å²) >= 11 is 1.87. The lowest BCUT2D eigenvalue weighted by molar-refractivity contribution is -0.145. The molecule has 3 unspecified atom stereocenters. The third-order valence-electron chi connectivity index (χ3n) is 2.58. The molecule has 0 fully saturated rings. The quantitative estimate of drug-likeness (QED) is 0.667. The van der Waals surface area contributed by atoms with E-state index in [4.69, 9.17) is 4.74 Å². The van der Waals surface area contributed by atoms with Crippen LogP contribution < -0.4 is 5.32 Å². The van der Waals surface area contributed by atoms with Crippen molar-refractivity contribution in [3.63, 3.8) is 0 Å². The molecule has 3 atom stereocenters. The molecule has 0 spiro atoms. The van der Waals surface area contributed by atoms with Gasteiger partial charge in [0.25, 0.3) is 0 Å². The maximum absolute atomic E-state index is 11.2. The zero-order valence-corrected chi connectivity index (χ0v) is 11.9. The minimum Gasteiger partial charge on any atom is -0.469 e. The summed E-state index contributed by atoms with van der Waals surface area (Å²) in [4.78, 5) is 11.2. The Balaban J connectivity index is 3.73. The van der Waals surface area contributed by atoms with Gasteiger partial charge in [0.1, 0.15) is 0 Å². The Morgan fingerprint density at radius 3 is 2.50 bits per heavy atom. The second kappa shape index (κ2) is 8.88. The lowest BCUT2D eigenvalue weighted by Crippen LogP contribution is -2.33. The average molecular weight is 247 g/mol. The molecule has 0 amide bonds. The zero-order valence-electron chi connectivity index (χ0n) is 11.1. The highest BCUT2D eigenvalue weighted by atomic mass is 32.2. The fourth-order valence-electron chi connectivity index (χ4n) is 1.66. The molecule has 0 aromatic heterocycles. The minimum atomic E-state index is -0.120. The number of esters is 1. The Kier molecular flexibility index (Phi) is 8.76. The Bertz CT molecular complexity index is 199. The summed E-state index contributed by atoms with van der Waals surface area (Å²) in [6.45, 7) is 7.27. The molecule has 0 heterocycles. The van der Waals surface area contributed by atoms with Crippen molar-refractivity contribution in [2.24, 2.45) is 11.8 Å². The second-order valence-electron chi connectivity index (χ2n) is 4.53. The molecule has 0 aromatic carbocycles. The number of hydrogen-bond donors (Lipinski definition) is 1. The van der Waals surface area contributed by atoms with Gasteiger partial charge in [0.05, 0.1) is 13.0 Å². The van der Waals surface area contributed by atoms with Gasteiger partial charge in [-0.3, -0.25) is 4.79 Å². The summed E-state index contributed by atoms with van der Waals surface area (Å²) in [5.41, 5.74) is 0. The van der Waals surface area contributed by atoms with Gasteiger partial charge in [-0.25, -0.2) is 0 Å². The van der Waals surface area contributed by atoms with Crippen LogP contribution in [0.25, 0.3) is 0 Å². The molecule has 0 rings (SSSR count). The summed E-state index contributed by atoms with van der Waals surface area (Å²) in [7, 11) is 1.44. The molecule has 0 radical (unpaired) electrons. The van der Waals surface area contributed by atoms with Crippen LogP contribution in [0.4, 0.5) is 0 Å². The van der Waals surface area contributed by atoms with Crippen LogP contribution in [0.2, 0.25) is 0 Å². The van der Waals surface area contributed by atoms with Gasteiger partial charge in [-0.15, -0.1) is 0 Å². The van der Waals surface area contributed by atoms with Crippen molar-refractivity contribution in [3.8, 4) is 0 Å². The molecule has 0 aliphatic heterocycles. The first-order valence-electron chi connectivity index (χ1n) is 5.81. The molecule has 4 heteroatoms. The van der Waals surface area contributed by atoms with Crippen LogP contribution in [-0.2, 0) is 9.53 Å². The van der Waals surface area contributed by atoms with Crippen LogP contribution in [-0.4, -0.2) is 37.7 Å². The van der Waals surface area contributed by atoms with E-state index in [1.807, 2.05) is 18.7 Å². The van der Waals surface area contributed by atoms with Crippen LogP contribution in [0.3, 0.4) is 0 Å². The molecule has 1 N–H and O–H groups in total. The summed E-state index contributed by atoms with van der Waals surface area (Å²) in [5, 5.41) is 3.46. The lowest BCUT2D eigenvalue weighted by atomic mass is 10.0. The third-order valence-corrected chi connectivity index (χ3v) is 3.48. The van der Waals surface area contributed by atoms with Gasteiger partial charge in [-0.1, -0.05) is 13.8 Å². The summed E-state index contributed by atoms with van der Waals surface area (Å²) < 4.78 is 4.71. The number of rotatable bonds is 8. The van der Waals surface area contributed by atoms with Crippen LogP contribution in [0.5, 0.6) is 0 Å². The van der Waals surface area contributed by atoms with Gasteiger partial charge < -0.3 is 10.1 Å². The number of hydrogen-bond acceptors (Lipinski definition) is 4. The van der Waals surface area contributed by atoms with E-state index in [1.165, 1.54) is 12.9 Å². The summed E-state index contributed by atoms with van der Waals surface area (Å²) in [5.74, 6) is 1.70. The third kappa shape index (κ3) is 7.12. The predicted molar refractivity (Wildman–Crippen MR) is 70.8 cm³/mol. The van der Waals surface area contributed by atoms with E-state index in [-0.39, 0.29) is 11.9 Å². The molecule has 0 bridgehead atoms. The SMILES string of the molecule is COC(=O)C(C)CC(C)NCC(C)CSC. The topological polar surface area (TPSA) is 38.3 Å². The maximum atomic E-state index is 11.2. The maximum Gasteiger partial charge on any atom is 0.308 e. The van der Waals surface area contributed by atoms with Crippen LogP contribution in [0.15, 0.2) is 0 Å². The van der Waals surface area contributed by atoms with E-state index in [1.54, 1.807) is 0 Å². The Labute approximate surface area is 104 Å². The smallest absolute Gasteiger partial charge is 0.308 e. The zero-order chi connectivity index (χ0) is 12.6. The van der Waals surface area contributed by atoms with Gasteiger partial charge in [0.2, 0.25) is 0 Å². The van der Waals surface area contributed by atoms with Crippen molar-refractivity contribution >= 4 is 17.7 Å². The van der Waals surface area contributed by atoms with Crippen LogP contribution in [0, 0.1) is 11.8 Å². The van der Waals surface area contributed by atoms with Crippen molar-refractivity contribution in [2.75, 3.05) is 25.7 Å². The number of carbonyl (C=O) groups excluding carboxylic acids is 1. The molecule has 0 saturated heterocycles. The molecular weight excluding hydrogens is 222 g/mol. The fraction of sp³-hybridized carbons (Fsp3) is 0.917. The monoisotopic (exact) mass is 247 g/mol. The first-order valence-corrected chi connectivity index (χ1v) is 7.20. The lowest BCUT2D eigenvalue weighted by Gasteiger charge is -2.19. The van der Waals surface area contributed by atoms with E-state index in [0.29, 0.717) is 12.0 Å². The highest BCUT2D eigenvalue weighted by Gasteiger charge is 2.16. The van der Waals surface area contributed by atoms with Gasteiger partial charge in [-0.05, 0) is 37.8 Å². The van der Waals surface area contributed by atoms with Crippen LogP contribution in [0.1, 0.15) is 27.2 Å². The Morgan fingerprint density at radius 2 is 2.00 bits per heavy atom. The molecule has 3 nitrogen and oxygen atoms in total. The number of methoxy groups -OCH3 is 1. The number of carbonyl (C=O) groups is 1. The largest absolute Gasteiger partial charge is 0.469 e. The highest BCUT2D eigenvalue weighted by Crippen LogP contribution is 2.09. The Hall–Kier alpha value is -0.220. The standard InChI is InChI=1S/C12H25NO2S/c1-9(8-16-5)7-13-11(3)6-10(2)12(14)15-4/h9-11,13H,6-8H2,1-5H3. The molecule has 96 valence electrons. The van der Waals surface area contributed by atoms with Crippen molar-refractivity contribution in [1.82, 2.24) is 5.32 Å². The summed E-state index contributed by atoms with van der Waals surface area (Å²) in [6.07, 6.45) is 2.96. The molecule has 0 aliphatic rings. The van der Waals surface area contributed by atoms with Gasteiger partial charge in [0, 0.05) is 6.04 Å². The second-order valence-corrected chi connectivity index (χ2v) is 5.44. The van der Waals surface area contributed by atoms with Gasteiger partial charge in [-0.2, -0.15) is 11.8 Å². The summed E-state index contributed by atoms with van der Waals surface area (Å²) in [6, 6.07) is 0.360. The van der Waals surface area contributed by atoms with Gasteiger partial charge in [0.15, 0.2) is 0 Å². The first kappa shape index (κ1) is 15.8. The van der Waals surface area contributed by atoms with E-state index < -0.39 is 0 Å². The number of nitrogens with one attached hydrogen (secondary N) is 1. The fourth-order valence-corrected chi connectivity index (χ4v) is 2.34.